The van der Waals surface area contributed by atoms with Gasteiger partial charge in [-0.2, -0.15) is 0 Å². The largest absolute Gasteiger partial charge is 0.497 e. The molecule has 0 fully saturated rings. The number of benzene rings is 1. The Morgan fingerprint density at radius 3 is 2.62 bits per heavy atom. The molecule has 21 heavy (non-hydrogen) atoms. The Morgan fingerprint density at radius 1 is 1.24 bits per heavy atom. The Hall–Kier alpha value is -2.54. The van der Waals surface area contributed by atoms with Gasteiger partial charge in [-0.15, -0.1) is 11.3 Å². The molecule has 7 heteroatoms. The van der Waals surface area contributed by atoms with E-state index in [-0.39, 0.29) is 4.88 Å². The quantitative estimate of drug-likeness (QED) is 0.807. The molecule has 0 aliphatic carbocycles. The van der Waals surface area contributed by atoms with Gasteiger partial charge in [-0.3, -0.25) is 5.32 Å². The summed E-state index contributed by atoms with van der Waals surface area (Å²) < 4.78 is 5.07. The summed E-state index contributed by atoms with van der Waals surface area (Å²) in [4.78, 5) is 23.0. The van der Waals surface area contributed by atoms with Gasteiger partial charge in [0.05, 0.1) is 12.1 Å². The van der Waals surface area contributed by atoms with E-state index in [1.54, 1.807) is 44.4 Å². The summed E-state index contributed by atoms with van der Waals surface area (Å²) in [5.41, 5.74) is 1.20. The number of carbonyl (C=O) groups is 2. The van der Waals surface area contributed by atoms with Crippen LogP contribution in [0.3, 0.4) is 0 Å². The van der Waals surface area contributed by atoms with Crippen molar-refractivity contribution in [1.29, 1.82) is 0 Å². The molecule has 0 aliphatic heterocycles. The number of hydrogen-bond acceptors (Lipinski definition) is 4. The van der Waals surface area contributed by atoms with Crippen molar-refractivity contribution >= 4 is 34.0 Å². The number of carboxylic acids is 1. The van der Waals surface area contributed by atoms with E-state index in [4.69, 9.17) is 9.84 Å². The molecule has 0 atom stereocenters. The van der Waals surface area contributed by atoms with Gasteiger partial charge >= 0.3 is 12.0 Å². The highest BCUT2D eigenvalue weighted by atomic mass is 32.1. The monoisotopic (exact) mass is 306 g/mol. The molecular weight excluding hydrogens is 292 g/mol. The van der Waals surface area contributed by atoms with Crippen LogP contribution in [0.25, 0.3) is 0 Å². The van der Waals surface area contributed by atoms with Crippen LogP contribution in [0.2, 0.25) is 0 Å². The molecule has 2 rings (SSSR count). The fraction of sp³-hybridized carbons (Fsp3) is 0.143. The number of rotatable bonds is 4. The van der Waals surface area contributed by atoms with E-state index < -0.39 is 12.0 Å². The van der Waals surface area contributed by atoms with Gasteiger partial charge in [-0.25, -0.2) is 9.59 Å². The molecule has 0 spiro atoms. The first kappa shape index (κ1) is 14.9. The first-order chi connectivity index (χ1) is 9.99. The Labute approximate surface area is 125 Å². The van der Waals surface area contributed by atoms with Crippen molar-refractivity contribution in [2.24, 2.45) is 0 Å². The number of thiophene rings is 1. The fourth-order valence-corrected chi connectivity index (χ4v) is 2.64. The molecule has 1 heterocycles. The topological polar surface area (TPSA) is 87.7 Å². The molecule has 0 unspecified atom stereocenters. The molecule has 1 aromatic carbocycles. The summed E-state index contributed by atoms with van der Waals surface area (Å²) >= 11 is 1.02. The van der Waals surface area contributed by atoms with Crippen molar-refractivity contribution in [1.82, 2.24) is 0 Å². The molecule has 110 valence electrons. The lowest BCUT2D eigenvalue weighted by atomic mass is 10.3. The normalized spacial score (nSPS) is 10.0. The molecule has 0 radical (unpaired) electrons. The number of carboxylic acid groups (broad SMARTS) is 1. The van der Waals surface area contributed by atoms with Crippen molar-refractivity contribution in [3.63, 3.8) is 0 Å². The van der Waals surface area contributed by atoms with Crippen LogP contribution in [0.4, 0.5) is 15.5 Å². The van der Waals surface area contributed by atoms with Gasteiger partial charge in [0.2, 0.25) is 0 Å². The number of anilines is 2. The maximum absolute atomic E-state index is 11.9. The highest BCUT2D eigenvalue weighted by molar-refractivity contribution is 7.18. The predicted octanol–water partition coefficient (Wildman–Crippen LogP) is 3.41. The number of methoxy groups -OCH3 is 1. The van der Waals surface area contributed by atoms with E-state index >= 15 is 0 Å². The van der Waals surface area contributed by atoms with E-state index in [1.807, 2.05) is 0 Å². The summed E-state index contributed by atoms with van der Waals surface area (Å²) in [5.74, 6) is -0.369. The first-order valence-corrected chi connectivity index (χ1v) is 6.87. The van der Waals surface area contributed by atoms with Crippen LogP contribution in [-0.4, -0.2) is 24.2 Å². The zero-order valence-corrected chi connectivity index (χ0v) is 12.3. The average Bonchev–Trinajstić information content (AvgIpc) is 2.79. The zero-order valence-electron chi connectivity index (χ0n) is 11.5. The average molecular weight is 306 g/mol. The molecule has 0 saturated carbocycles. The zero-order chi connectivity index (χ0) is 15.4. The molecule has 0 aliphatic rings. The second kappa shape index (κ2) is 6.27. The minimum atomic E-state index is -1.00. The molecule has 6 nitrogen and oxygen atoms in total. The fourth-order valence-electron chi connectivity index (χ4n) is 1.73. The minimum absolute atomic E-state index is 0.215. The lowest BCUT2D eigenvalue weighted by Gasteiger charge is -2.07. The van der Waals surface area contributed by atoms with E-state index in [0.717, 1.165) is 11.3 Å². The van der Waals surface area contributed by atoms with Crippen molar-refractivity contribution in [3.8, 4) is 5.75 Å². The van der Waals surface area contributed by atoms with Crippen molar-refractivity contribution in [2.75, 3.05) is 17.7 Å². The molecule has 2 aromatic rings. The van der Waals surface area contributed by atoms with Gasteiger partial charge in [0, 0.05) is 11.8 Å². The molecular formula is C14H14N2O4S. The third-order valence-corrected chi connectivity index (χ3v) is 3.82. The van der Waals surface area contributed by atoms with Crippen LogP contribution < -0.4 is 15.4 Å². The highest BCUT2D eigenvalue weighted by Gasteiger charge is 2.13. The first-order valence-electron chi connectivity index (χ1n) is 6.05. The van der Waals surface area contributed by atoms with Gasteiger partial charge in [0.25, 0.3) is 0 Å². The maximum Gasteiger partial charge on any atom is 0.346 e. The second-order valence-electron chi connectivity index (χ2n) is 4.24. The predicted molar refractivity (Wildman–Crippen MR) is 81.7 cm³/mol. The standard InChI is InChI=1S/C14H14N2O4S/c1-8-6-11(21-12(8)13(17)18)16-14(19)15-9-4-3-5-10(7-9)20-2/h3-7H,1-2H3,(H,17,18)(H2,15,16,19). The molecule has 1 aromatic heterocycles. The molecule has 3 N–H and O–H groups in total. The van der Waals surface area contributed by atoms with Gasteiger partial charge in [-0.05, 0) is 30.7 Å². The minimum Gasteiger partial charge on any atom is -0.497 e. The van der Waals surface area contributed by atoms with Crippen molar-refractivity contribution < 1.29 is 19.4 Å². The smallest absolute Gasteiger partial charge is 0.346 e. The van der Waals surface area contributed by atoms with Gasteiger partial charge in [-0.1, -0.05) is 6.07 Å². The van der Waals surface area contributed by atoms with E-state index in [0.29, 0.717) is 22.0 Å². The van der Waals surface area contributed by atoms with Crippen LogP contribution in [0, 0.1) is 6.92 Å². The number of hydrogen-bond donors (Lipinski definition) is 3. The van der Waals surface area contributed by atoms with Crippen LogP contribution in [0.1, 0.15) is 15.2 Å². The van der Waals surface area contributed by atoms with Crippen LogP contribution in [-0.2, 0) is 0 Å². The summed E-state index contributed by atoms with van der Waals surface area (Å²) in [6, 6.07) is 8.12. The van der Waals surface area contributed by atoms with Crippen LogP contribution in [0.15, 0.2) is 30.3 Å². The molecule has 2 amide bonds. The van der Waals surface area contributed by atoms with Crippen molar-refractivity contribution in [2.45, 2.75) is 6.92 Å². The molecule has 0 bridgehead atoms. The Morgan fingerprint density at radius 2 is 2.00 bits per heavy atom. The van der Waals surface area contributed by atoms with Gasteiger partial charge in [0.15, 0.2) is 0 Å². The number of aryl methyl sites for hydroxylation is 1. The third-order valence-electron chi connectivity index (χ3n) is 2.68. The Kier molecular flexibility index (Phi) is 4.44. The lowest BCUT2D eigenvalue weighted by molar-refractivity contribution is 0.0701. The summed E-state index contributed by atoms with van der Waals surface area (Å²) in [6.07, 6.45) is 0. The summed E-state index contributed by atoms with van der Waals surface area (Å²) in [6.45, 7) is 1.69. The third kappa shape index (κ3) is 3.73. The SMILES string of the molecule is COc1cccc(NC(=O)Nc2cc(C)c(C(=O)O)s2)c1. The number of urea groups is 1. The number of nitrogens with one attached hydrogen (secondary N) is 2. The summed E-state index contributed by atoms with van der Waals surface area (Å²) in [5, 5.41) is 14.7. The summed E-state index contributed by atoms with van der Waals surface area (Å²) in [7, 11) is 1.54. The Bertz CT molecular complexity index is 681. The number of carbonyl (C=O) groups excluding carboxylic acids is 1. The maximum atomic E-state index is 11.9. The lowest BCUT2D eigenvalue weighted by Crippen LogP contribution is -2.18. The van der Waals surface area contributed by atoms with Crippen molar-refractivity contribution in [3.05, 3.63) is 40.8 Å². The van der Waals surface area contributed by atoms with Crippen LogP contribution >= 0.6 is 11.3 Å². The number of ether oxygens (including phenoxy) is 1. The second-order valence-corrected chi connectivity index (χ2v) is 5.29. The number of aromatic carboxylic acids is 1. The number of amides is 2. The van der Waals surface area contributed by atoms with E-state index in [2.05, 4.69) is 10.6 Å². The van der Waals surface area contributed by atoms with Gasteiger partial charge < -0.3 is 15.2 Å². The van der Waals surface area contributed by atoms with Crippen LogP contribution in [0.5, 0.6) is 5.75 Å². The van der Waals surface area contributed by atoms with E-state index in [9.17, 15) is 9.59 Å². The van der Waals surface area contributed by atoms with E-state index in [1.165, 1.54) is 0 Å². The highest BCUT2D eigenvalue weighted by Crippen LogP contribution is 2.26. The molecule has 0 saturated heterocycles. The Balaban J connectivity index is 2.04. The van der Waals surface area contributed by atoms with Gasteiger partial charge in [0.1, 0.15) is 10.6 Å².